The number of hydrogen-bond donors (Lipinski definition) is 2. The van der Waals surface area contributed by atoms with Crippen LogP contribution < -0.4 is 16.6 Å². The fraction of sp³-hybridized carbons (Fsp3) is 0.0952. The summed E-state index contributed by atoms with van der Waals surface area (Å²) in [5, 5.41) is 3.22. The predicted octanol–water partition coefficient (Wildman–Crippen LogP) is 2.26. The lowest BCUT2D eigenvalue weighted by molar-refractivity contribution is 0.0948. The molecule has 2 heterocycles. The highest BCUT2D eigenvalue weighted by molar-refractivity contribution is 5.94. The van der Waals surface area contributed by atoms with Gasteiger partial charge in [-0.15, -0.1) is 0 Å². The fourth-order valence-corrected chi connectivity index (χ4v) is 2.97. The van der Waals surface area contributed by atoms with E-state index in [1.807, 2.05) is 0 Å². The maximum absolute atomic E-state index is 12.6. The third-order valence-corrected chi connectivity index (χ3v) is 4.45. The highest BCUT2D eigenvalue weighted by Gasteiger charge is 2.09. The van der Waals surface area contributed by atoms with Crippen LogP contribution in [-0.4, -0.2) is 15.5 Å². The molecule has 140 valence electrons. The minimum absolute atomic E-state index is 0.118. The highest BCUT2D eigenvalue weighted by atomic mass is 16.3. The van der Waals surface area contributed by atoms with E-state index in [-0.39, 0.29) is 18.0 Å². The van der Waals surface area contributed by atoms with Crippen molar-refractivity contribution in [2.45, 2.75) is 13.1 Å². The van der Waals surface area contributed by atoms with E-state index in [1.165, 1.54) is 0 Å². The number of amides is 1. The molecule has 2 aromatic heterocycles. The van der Waals surface area contributed by atoms with Crippen LogP contribution in [0.4, 0.5) is 0 Å². The number of rotatable bonds is 5. The van der Waals surface area contributed by atoms with Crippen molar-refractivity contribution >= 4 is 16.8 Å². The summed E-state index contributed by atoms with van der Waals surface area (Å²) in [6, 6.07) is 17.2. The topological polar surface area (TPSA) is 97.1 Å². The molecule has 4 aromatic rings. The first-order chi connectivity index (χ1) is 13.6. The predicted molar refractivity (Wildman–Crippen MR) is 104 cm³/mol. The number of benzene rings is 2. The lowest BCUT2D eigenvalue weighted by Gasteiger charge is -2.08. The molecule has 2 N–H and O–H groups in total. The number of nitrogens with one attached hydrogen (secondary N) is 2. The van der Waals surface area contributed by atoms with Crippen molar-refractivity contribution in [1.29, 1.82) is 0 Å². The Kier molecular flexibility index (Phi) is 4.63. The van der Waals surface area contributed by atoms with Crippen LogP contribution in [-0.2, 0) is 13.1 Å². The van der Waals surface area contributed by atoms with Gasteiger partial charge in [0, 0.05) is 5.56 Å². The van der Waals surface area contributed by atoms with Crippen LogP contribution in [0, 0.1) is 0 Å². The third-order valence-electron chi connectivity index (χ3n) is 4.45. The summed E-state index contributed by atoms with van der Waals surface area (Å²) < 4.78 is 6.33. The Labute approximate surface area is 159 Å². The SMILES string of the molecule is O=C(NCc1ccco1)c1ccc(Cn2c(=O)[nH]c3ccccc3c2=O)cc1. The summed E-state index contributed by atoms with van der Waals surface area (Å²) in [7, 11) is 0. The van der Waals surface area contributed by atoms with E-state index in [4.69, 9.17) is 4.42 Å². The highest BCUT2D eigenvalue weighted by Crippen LogP contribution is 2.08. The molecule has 1 amide bonds. The van der Waals surface area contributed by atoms with E-state index in [1.54, 1.807) is 66.9 Å². The van der Waals surface area contributed by atoms with E-state index < -0.39 is 5.69 Å². The zero-order chi connectivity index (χ0) is 19.5. The first kappa shape index (κ1) is 17.5. The van der Waals surface area contributed by atoms with Gasteiger partial charge in [-0.2, -0.15) is 0 Å². The van der Waals surface area contributed by atoms with Crippen molar-refractivity contribution in [3.8, 4) is 0 Å². The molecule has 2 aromatic carbocycles. The summed E-state index contributed by atoms with van der Waals surface area (Å²) in [4.78, 5) is 39.8. The van der Waals surface area contributed by atoms with Gasteiger partial charge in [-0.05, 0) is 42.0 Å². The van der Waals surface area contributed by atoms with Crippen LogP contribution >= 0.6 is 0 Å². The van der Waals surface area contributed by atoms with Gasteiger partial charge in [-0.1, -0.05) is 24.3 Å². The molecule has 0 bridgehead atoms. The van der Waals surface area contributed by atoms with Crippen molar-refractivity contribution in [3.63, 3.8) is 0 Å². The van der Waals surface area contributed by atoms with E-state index in [9.17, 15) is 14.4 Å². The van der Waals surface area contributed by atoms with E-state index in [2.05, 4.69) is 10.3 Å². The Bertz CT molecular complexity index is 1240. The molecule has 0 saturated heterocycles. The number of aromatic amines is 1. The van der Waals surface area contributed by atoms with Crippen molar-refractivity contribution in [3.05, 3.63) is 105 Å². The largest absolute Gasteiger partial charge is 0.467 e. The minimum atomic E-state index is -0.469. The maximum Gasteiger partial charge on any atom is 0.329 e. The summed E-state index contributed by atoms with van der Waals surface area (Å²) >= 11 is 0. The fourth-order valence-electron chi connectivity index (χ4n) is 2.97. The molecule has 0 fully saturated rings. The number of H-pyrrole nitrogens is 1. The summed E-state index contributed by atoms with van der Waals surface area (Å²) in [6.07, 6.45) is 1.55. The van der Waals surface area contributed by atoms with Gasteiger partial charge < -0.3 is 14.7 Å². The molecule has 0 saturated carbocycles. The van der Waals surface area contributed by atoms with E-state index >= 15 is 0 Å². The molecule has 0 radical (unpaired) electrons. The number of carbonyl (C=O) groups is 1. The van der Waals surface area contributed by atoms with Gasteiger partial charge in [0.2, 0.25) is 0 Å². The molecular formula is C21H17N3O4. The van der Waals surface area contributed by atoms with Crippen LogP contribution in [0.1, 0.15) is 21.7 Å². The van der Waals surface area contributed by atoms with Crippen molar-refractivity contribution in [2.75, 3.05) is 0 Å². The van der Waals surface area contributed by atoms with Gasteiger partial charge in [0.15, 0.2) is 0 Å². The molecule has 0 unspecified atom stereocenters. The molecule has 0 atom stereocenters. The number of para-hydroxylation sites is 1. The second kappa shape index (κ2) is 7.40. The standard InChI is InChI=1S/C21H17N3O4/c25-19(22-12-16-4-3-11-28-16)15-9-7-14(8-10-15)13-24-20(26)17-5-1-2-6-18(17)23-21(24)27/h1-11H,12-13H2,(H,22,25)(H,23,27). The number of hydrogen-bond acceptors (Lipinski definition) is 4. The van der Waals surface area contributed by atoms with Gasteiger partial charge in [0.1, 0.15) is 5.76 Å². The molecule has 4 rings (SSSR count). The van der Waals surface area contributed by atoms with Crippen molar-refractivity contribution < 1.29 is 9.21 Å². The monoisotopic (exact) mass is 375 g/mol. The number of furan rings is 1. The normalized spacial score (nSPS) is 10.9. The Hall–Kier alpha value is -3.87. The maximum atomic E-state index is 12.6. The number of nitrogens with zero attached hydrogens (tertiary/aromatic N) is 1. The Morgan fingerprint density at radius 3 is 2.54 bits per heavy atom. The van der Waals surface area contributed by atoms with Gasteiger partial charge in [0.25, 0.3) is 11.5 Å². The van der Waals surface area contributed by atoms with Gasteiger partial charge in [-0.25, -0.2) is 4.79 Å². The van der Waals surface area contributed by atoms with Crippen LogP contribution in [0.5, 0.6) is 0 Å². The molecular weight excluding hydrogens is 358 g/mol. The molecule has 0 aliphatic heterocycles. The van der Waals surface area contributed by atoms with E-state index in [0.717, 1.165) is 10.1 Å². The number of carbonyl (C=O) groups excluding carboxylic acids is 1. The number of fused-ring (bicyclic) bond motifs is 1. The Morgan fingerprint density at radius 2 is 1.79 bits per heavy atom. The summed E-state index contributed by atoms with van der Waals surface area (Å²) in [5.41, 5.74) is 0.918. The van der Waals surface area contributed by atoms with Crippen LogP contribution in [0.15, 0.2) is 80.9 Å². The van der Waals surface area contributed by atoms with Gasteiger partial charge >= 0.3 is 5.69 Å². The molecule has 0 aliphatic rings. The van der Waals surface area contributed by atoms with Crippen molar-refractivity contribution in [2.24, 2.45) is 0 Å². The summed E-state index contributed by atoms with van der Waals surface area (Å²) in [6.45, 7) is 0.419. The quantitative estimate of drug-likeness (QED) is 0.559. The minimum Gasteiger partial charge on any atom is -0.467 e. The second-order valence-corrected chi connectivity index (χ2v) is 6.33. The smallest absolute Gasteiger partial charge is 0.329 e. The molecule has 0 aliphatic carbocycles. The second-order valence-electron chi connectivity index (χ2n) is 6.33. The average molecular weight is 375 g/mol. The van der Waals surface area contributed by atoms with Crippen LogP contribution in [0.2, 0.25) is 0 Å². The van der Waals surface area contributed by atoms with Gasteiger partial charge in [-0.3, -0.25) is 14.2 Å². The molecule has 7 heteroatoms. The van der Waals surface area contributed by atoms with Crippen LogP contribution in [0.3, 0.4) is 0 Å². The van der Waals surface area contributed by atoms with Crippen molar-refractivity contribution in [1.82, 2.24) is 14.9 Å². The van der Waals surface area contributed by atoms with Gasteiger partial charge in [0.05, 0.1) is 30.3 Å². The lowest BCUT2D eigenvalue weighted by atomic mass is 10.1. The molecule has 7 nitrogen and oxygen atoms in total. The lowest BCUT2D eigenvalue weighted by Crippen LogP contribution is -2.35. The average Bonchev–Trinajstić information content (AvgIpc) is 3.23. The first-order valence-corrected chi connectivity index (χ1v) is 8.73. The molecule has 28 heavy (non-hydrogen) atoms. The third kappa shape index (κ3) is 3.50. The molecule has 0 spiro atoms. The Balaban J connectivity index is 1.52. The zero-order valence-corrected chi connectivity index (χ0v) is 14.8. The summed E-state index contributed by atoms with van der Waals surface area (Å²) in [5.74, 6) is 0.434. The number of aromatic nitrogens is 2. The first-order valence-electron chi connectivity index (χ1n) is 8.73. The Morgan fingerprint density at radius 1 is 1.00 bits per heavy atom. The van der Waals surface area contributed by atoms with Crippen LogP contribution in [0.25, 0.3) is 10.9 Å². The van der Waals surface area contributed by atoms with E-state index in [0.29, 0.717) is 28.8 Å². The zero-order valence-electron chi connectivity index (χ0n) is 14.8.